The summed E-state index contributed by atoms with van der Waals surface area (Å²) in [5.41, 5.74) is 1.15. The van der Waals surface area contributed by atoms with Crippen molar-refractivity contribution in [2.24, 2.45) is 0 Å². The Morgan fingerprint density at radius 2 is 2.38 bits per heavy atom. The monoisotopic (exact) mass is 200 g/mol. The molecule has 0 amide bonds. The highest BCUT2D eigenvalue weighted by atomic mass is 32.1. The van der Waals surface area contributed by atoms with Crippen molar-refractivity contribution in [3.05, 3.63) is 16.7 Å². The molecule has 0 spiro atoms. The van der Waals surface area contributed by atoms with Crippen LogP contribution in [-0.4, -0.2) is 22.3 Å². The van der Waals surface area contributed by atoms with E-state index in [0.29, 0.717) is 0 Å². The summed E-state index contributed by atoms with van der Waals surface area (Å²) in [5, 5.41) is 0. The van der Waals surface area contributed by atoms with E-state index in [-0.39, 0.29) is 6.10 Å². The van der Waals surface area contributed by atoms with Gasteiger partial charge in [-0.1, -0.05) is 0 Å². The van der Waals surface area contributed by atoms with Gasteiger partial charge in [-0.3, -0.25) is 0 Å². The molecule has 0 bridgehead atoms. The lowest BCUT2D eigenvalue weighted by Gasteiger charge is -2.13. The topological polar surface area (TPSA) is 29.9 Å². The number of rotatable bonds is 4. The fraction of sp³-hybridized carbons (Fsp3) is 0.667. The summed E-state index contributed by atoms with van der Waals surface area (Å²) in [6, 6.07) is 0. The molecule has 0 radical (unpaired) electrons. The maximum absolute atomic E-state index is 5.44. The molecule has 0 aliphatic carbocycles. The van der Waals surface area contributed by atoms with E-state index < -0.39 is 0 Å². The predicted molar refractivity (Wildman–Crippen MR) is 55.4 cm³/mol. The van der Waals surface area contributed by atoms with Crippen LogP contribution in [0.3, 0.4) is 0 Å². The number of hydrogen-bond acceptors (Lipinski definition) is 2. The first-order chi connectivity index (χ1) is 6.15. The van der Waals surface area contributed by atoms with Gasteiger partial charge in [-0.15, -0.1) is 0 Å². The Bertz CT molecular complexity index is 316. The van der Waals surface area contributed by atoms with E-state index in [1.54, 1.807) is 0 Å². The zero-order chi connectivity index (χ0) is 9.84. The van der Waals surface area contributed by atoms with Crippen LogP contribution in [-0.2, 0) is 11.3 Å². The largest absolute Gasteiger partial charge is 0.377 e. The van der Waals surface area contributed by atoms with Gasteiger partial charge in [-0.2, -0.15) is 0 Å². The molecule has 1 aromatic rings. The van der Waals surface area contributed by atoms with Crippen molar-refractivity contribution in [2.75, 3.05) is 6.61 Å². The lowest BCUT2D eigenvalue weighted by Crippen LogP contribution is -2.17. The Morgan fingerprint density at radius 3 is 2.85 bits per heavy atom. The van der Waals surface area contributed by atoms with Gasteiger partial charge in [-0.25, -0.2) is 0 Å². The van der Waals surface area contributed by atoms with Crippen LogP contribution in [0.5, 0.6) is 0 Å². The van der Waals surface area contributed by atoms with Crippen LogP contribution in [0, 0.1) is 11.7 Å². The van der Waals surface area contributed by atoms with Gasteiger partial charge in [0, 0.05) is 18.5 Å². The van der Waals surface area contributed by atoms with Gasteiger partial charge >= 0.3 is 0 Å². The third kappa shape index (κ3) is 2.67. The highest BCUT2D eigenvalue weighted by Gasteiger charge is 2.05. The number of aromatic nitrogens is 2. The van der Waals surface area contributed by atoms with E-state index in [1.165, 1.54) is 0 Å². The average Bonchev–Trinajstić information content (AvgIpc) is 2.36. The quantitative estimate of drug-likeness (QED) is 0.756. The molecule has 0 aromatic carbocycles. The Kier molecular flexibility index (Phi) is 3.69. The van der Waals surface area contributed by atoms with E-state index >= 15 is 0 Å². The lowest BCUT2D eigenvalue weighted by atomic mass is 10.4. The summed E-state index contributed by atoms with van der Waals surface area (Å²) in [5.74, 6) is 0. The molecule has 0 fully saturated rings. The van der Waals surface area contributed by atoms with Crippen LogP contribution < -0.4 is 0 Å². The zero-order valence-corrected chi connectivity index (χ0v) is 9.15. The zero-order valence-electron chi connectivity index (χ0n) is 8.33. The van der Waals surface area contributed by atoms with Crippen LogP contribution in [0.4, 0.5) is 0 Å². The Morgan fingerprint density at radius 1 is 1.69 bits per heavy atom. The van der Waals surface area contributed by atoms with Gasteiger partial charge in [0.25, 0.3) is 0 Å². The van der Waals surface area contributed by atoms with Gasteiger partial charge in [-0.05, 0) is 33.0 Å². The number of aromatic amines is 1. The van der Waals surface area contributed by atoms with Crippen molar-refractivity contribution in [1.82, 2.24) is 9.55 Å². The maximum atomic E-state index is 5.44. The van der Waals surface area contributed by atoms with E-state index in [2.05, 4.69) is 16.5 Å². The molecule has 1 aromatic heterocycles. The normalized spacial score (nSPS) is 13.2. The fourth-order valence-corrected chi connectivity index (χ4v) is 1.58. The minimum Gasteiger partial charge on any atom is -0.377 e. The third-order valence-corrected chi connectivity index (χ3v) is 2.30. The number of H-pyrrole nitrogens is 1. The van der Waals surface area contributed by atoms with Crippen molar-refractivity contribution in [1.29, 1.82) is 0 Å². The summed E-state index contributed by atoms with van der Waals surface area (Å²) in [6.07, 6.45) is 2.13. The highest BCUT2D eigenvalue weighted by molar-refractivity contribution is 7.71. The predicted octanol–water partition coefficient (Wildman–Crippen LogP) is 2.28. The van der Waals surface area contributed by atoms with Gasteiger partial charge in [0.05, 0.1) is 12.6 Å². The molecule has 3 nitrogen and oxygen atoms in total. The van der Waals surface area contributed by atoms with E-state index in [4.69, 9.17) is 17.0 Å². The van der Waals surface area contributed by atoms with E-state index in [0.717, 1.165) is 23.6 Å². The second kappa shape index (κ2) is 4.58. The van der Waals surface area contributed by atoms with Crippen molar-refractivity contribution in [3.63, 3.8) is 0 Å². The Hall–Kier alpha value is -0.610. The number of nitrogens with zero attached hydrogens (tertiary/aromatic N) is 1. The summed E-state index contributed by atoms with van der Waals surface area (Å²) in [6.45, 7) is 7.66. The van der Waals surface area contributed by atoms with Gasteiger partial charge < -0.3 is 14.3 Å². The first kappa shape index (κ1) is 10.5. The smallest absolute Gasteiger partial charge is 0.177 e. The molecule has 1 N–H and O–H groups in total. The highest BCUT2D eigenvalue weighted by Crippen LogP contribution is 2.03. The first-order valence-electron chi connectivity index (χ1n) is 4.51. The fourth-order valence-electron chi connectivity index (χ4n) is 1.30. The molecule has 1 unspecified atom stereocenters. The number of aryl methyl sites for hydroxylation is 1. The molecular weight excluding hydrogens is 184 g/mol. The first-order valence-corrected chi connectivity index (χ1v) is 4.92. The van der Waals surface area contributed by atoms with Crippen LogP contribution in [0.2, 0.25) is 0 Å². The van der Waals surface area contributed by atoms with Gasteiger partial charge in [0.1, 0.15) is 0 Å². The van der Waals surface area contributed by atoms with E-state index in [1.807, 2.05) is 20.0 Å². The maximum Gasteiger partial charge on any atom is 0.177 e. The Balaban J connectivity index is 2.68. The van der Waals surface area contributed by atoms with Crippen molar-refractivity contribution < 1.29 is 4.74 Å². The molecule has 13 heavy (non-hydrogen) atoms. The molecule has 1 rings (SSSR count). The van der Waals surface area contributed by atoms with Crippen LogP contribution >= 0.6 is 12.2 Å². The molecule has 0 aliphatic rings. The number of nitrogens with one attached hydrogen (secondary N) is 1. The third-order valence-electron chi connectivity index (χ3n) is 1.97. The summed E-state index contributed by atoms with van der Waals surface area (Å²) in [4.78, 5) is 3.01. The van der Waals surface area contributed by atoms with Gasteiger partial charge in [0.15, 0.2) is 4.77 Å². The molecule has 1 heterocycles. The molecule has 1 atom stereocenters. The number of hydrogen-bond donors (Lipinski definition) is 1. The second-order valence-electron chi connectivity index (χ2n) is 3.11. The van der Waals surface area contributed by atoms with Crippen LogP contribution in [0.25, 0.3) is 0 Å². The molecule has 0 aliphatic heterocycles. The lowest BCUT2D eigenvalue weighted by molar-refractivity contribution is 0.0633. The van der Waals surface area contributed by atoms with Crippen LogP contribution in [0.15, 0.2) is 6.20 Å². The number of imidazole rings is 1. The van der Waals surface area contributed by atoms with Crippen molar-refractivity contribution in [3.8, 4) is 0 Å². The summed E-state index contributed by atoms with van der Waals surface area (Å²) in [7, 11) is 0. The average molecular weight is 200 g/mol. The number of ether oxygens (including phenoxy) is 1. The Labute approximate surface area is 83.7 Å². The molecule has 4 heteroatoms. The summed E-state index contributed by atoms with van der Waals surface area (Å²) >= 11 is 5.13. The summed E-state index contributed by atoms with van der Waals surface area (Å²) < 4.78 is 8.26. The van der Waals surface area contributed by atoms with Crippen molar-refractivity contribution in [2.45, 2.75) is 33.4 Å². The second-order valence-corrected chi connectivity index (χ2v) is 3.50. The standard InChI is InChI=1S/C9H16N2OS/c1-4-12-8(3)6-11-7(2)5-10-9(11)13/h5,8H,4,6H2,1-3H3,(H,10,13). The van der Waals surface area contributed by atoms with E-state index in [9.17, 15) is 0 Å². The van der Waals surface area contributed by atoms with Crippen LogP contribution in [0.1, 0.15) is 19.5 Å². The SMILES string of the molecule is CCOC(C)Cn1c(C)c[nH]c1=S. The molecule has 0 saturated carbocycles. The van der Waals surface area contributed by atoms with Gasteiger partial charge in [0.2, 0.25) is 0 Å². The van der Waals surface area contributed by atoms with Crippen molar-refractivity contribution >= 4 is 12.2 Å². The molecule has 74 valence electrons. The minimum atomic E-state index is 0.214. The minimum absolute atomic E-state index is 0.214. The molecular formula is C9H16N2OS. The molecule has 0 saturated heterocycles.